The van der Waals surface area contributed by atoms with Crippen molar-refractivity contribution >= 4 is 43.7 Å². The van der Waals surface area contributed by atoms with Crippen molar-refractivity contribution in [1.82, 2.24) is 0 Å². The fraction of sp³-hybridized carbons (Fsp3) is 0. The summed E-state index contributed by atoms with van der Waals surface area (Å²) < 4.78 is 2.59. The molecule has 1 nitrogen and oxygen atoms in total. The van der Waals surface area contributed by atoms with E-state index in [0.29, 0.717) is 0 Å². The predicted molar refractivity (Wildman–Crippen MR) is 67.0 cm³/mol. The van der Waals surface area contributed by atoms with Gasteiger partial charge in [-0.3, -0.25) is 0 Å². The SMILES string of the molecule is Cl[As]1c2ccccc2Nc2ccccc21. The van der Waals surface area contributed by atoms with E-state index in [9.17, 15) is 0 Å². The van der Waals surface area contributed by atoms with E-state index >= 15 is 0 Å². The van der Waals surface area contributed by atoms with Gasteiger partial charge in [-0.05, 0) is 0 Å². The Morgan fingerprint density at radius 2 is 1.27 bits per heavy atom. The summed E-state index contributed by atoms with van der Waals surface area (Å²) in [5.74, 6) is 0. The number of halogens is 1. The quantitative estimate of drug-likeness (QED) is 0.727. The summed E-state index contributed by atoms with van der Waals surface area (Å²) in [6, 6.07) is 16.6. The number of fused-ring (bicyclic) bond motifs is 2. The molecule has 0 unspecified atom stereocenters. The van der Waals surface area contributed by atoms with Gasteiger partial charge in [-0.2, -0.15) is 0 Å². The molecule has 0 spiro atoms. The summed E-state index contributed by atoms with van der Waals surface area (Å²) in [5.41, 5.74) is 2.34. The topological polar surface area (TPSA) is 12.0 Å². The normalized spacial score (nSPS) is 13.9. The molecule has 0 saturated carbocycles. The third-order valence-electron chi connectivity index (χ3n) is 2.50. The third-order valence-corrected chi connectivity index (χ3v) is 7.80. The monoisotopic (exact) mass is 277 g/mol. The zero-order valence-electron chi connectivity index (χ0n) is 7.94. The Kier molecular flexibility index (Phi) is 2.23. The molecule has 1 aliphatic rings. The molecule has 3 rings (SSSR count). The van der Waals surface area contributed by atoms with Gasteiger partial charge in [-0.25, -0.2) is 0 Å². The molecule has 1 aliphatic heterocycles. The second-order valence-corrected chi connectivity index (χ2v) is 8.40. The Morgan fingerprint density at radius 3 is 1.80 bits per heavy atom. The van der Waals surface area contributed by atoms with E-state index in [0.717, 1.165) is 0 Å². The summed E-state index contributed by atoms with van der Waals surface area (Å²) >= 11 is -1.55. The van der Waals surface area contributed by atoms with Gasteiger partial charge in [0.1, 0.15) is 0 Å². The maximum absolute atomic E-state index is 6.58. The number of hydrogen-bond donors (Lipinski definition) is 1. The van der Waals surface area contributed by atoms with E-state index < -0.39 is 13.7 Å². The Labute approximate surface area is 97.5 Å². The fourth-order valence-electron chi connectivity index (χ4n) is 1.78. The van der Waals surface area contributed by atoms with Crippen molar-refractivity contribution in [1.29, 1.82) is 0 Å². The summed E-state index contributed by atoms with van der Waals surface area (Å²) in [6.45, 7) is 0. The third kappa shape index (κ3) is 1.47. The number of anilines is 2. The number of nitrogens with one attached hydrogen (secondary N) is 1. The molecule has 15 heavy (non-hydrogen) atoms. The summed E-state index contributed by atoms with van der Waals surface area (Å²) in [6.07, 6.45) is 0. The van der Waals surface area contributed by atoms with Crippen LogP contribution in [0.15, 0.2) is 48.5 Å². The van der Waals surface area contributed by atoms with Crippen LogP contribution in [0.1, 0.15) is 0 Å². The van der Waals surface area contributed by atoms with Gasteiger partial charge in [0.25, 0.3) is 0 Å². The zero-order chi connectivity index (χ0) is 10.3. The van der Waals surface area contributed by atoms with E-state index in [2.05, 4.69) is 41.7 Å². The molecule has 74 valence electrons. The van der Waals surface area contributed by atoms with Crippen molar-refractivity contribution in [2.75, 3.05) is 5.32 Å². The van der Waals surface area contributed by atoms with Gasteiger partial charge >= 0.3 is 97.6 Å². The first-order chi connectivity index (χ1) is 7.36. The molecule has 2 aromatic rings. The molecule has 1 heterocycles. The second-order valence-electron chi connectivity index (χ2n) is 3.44. The molecule has 0 bridgehead atoms. The van der Waals surface area contributed by atoms with Crippen molar-refractivity contribution in [3.63, 3.8) is 0 Å². The van der Waals surface area contributed by atoms with Crippen LogP contribution in [-0.4, -0.2) is 13.7 Å². The van der Waals surface area contributed by atoms with Gasteiger partial charge in [0.05, 0.1) is 0 Å². The average Bonchev–Trinajstić information content (AvgIpc) is 2.30. The predicted octanol–water partition coefficient (Wildman–Crippen LogP) is 2.09. The van der Waals surface area contributed by atoms with Crippen molar-refractivity contribution < 1.29 is 0 Å². The molecule has 0 atom stereocenters. The van der Waals surface area contributed by atoms with Crippen LogP contribution in [0.5, 0.6) is 0 Å². The van der Waals surface area contributed by atoms with Crippen LogP contribution in [-0.2, 0) is 0 Å². The van der Waals surface area contributed by atoms with Crippen LogP contribution in [0.3, 0.4) is 0 Å². The second kappa shape index (κ2) is 3.59. The maximum atomic E-state index is 6.58. The molecule has 0 aromatic heterocycles. The summed E-state index contributed by atoms with van der Waals surface area (Å²) in [4.78, 5) is 0. The minimum absolute atomic E-state index is 1.17. The fourth-order valence-corrected chi connectivity index (χ4v) is 6.20. The molecule has 1 N–H and O–H groups in total. The van der Waals surface area contributed by atoms with Gasteiger partial charge in [0.15, 0.2) is 0 Å². The standard InChI is InChI=1S/C12H9AsClN/c14-13-9-5-1-3-7-11(9)15-12-8-4-2-6-10(12)13/h1-8,15H. The Morgan fingerprint density at radius 1 is 0.800 bits per heavy atom. The molecule has 0 aliphatic carbocycles. The van der Waals surface area contributed by atoms with E-state index in [4.69, 9.17) is 9.95 Å². The van der Waals surface area contributed by atoms with Crippen molar-refractivity contribution in [2.24, 2.45) is 0 Å². The Hall–Kier alpha value is -0.912. The van der Waals surface area contributed by atoms with Crippen LogP contribution in [0.25, 0.3) is 0 Å². The number of hydrogen-bond acceptors (Lipinski definition) is 1. The van der Waals surface area contributed by atoms with E-state index in [1.54, 1.807) is 0 Å². The summed E-state index contributed by atoms with van der Waals surface area (Å²) in [7, 11) is 6.58. The first-order valence-electron chi connectivity index (χ1n) is 4.77. The van der Waals surface area contributed by atoms with E-state index in [1.165, 1.54) is 20.1 Å². The van der Waals surface area contributed by atoms with Crippen LogP contribution in [0.4, 0.5) is 11.4 Å². The molecular formula is C12H9AsClN. The van der Waals surface area contributed by atoms with Gasteiger partial charge in [-0.1, -0.05) is 0 Å². The Bertz CT molecular complexity index is 467. The van der Waals surface area contributed by atoms with Gasteiger partial charge in [0.2, 0.25) is 0 Å². The number of rotatable bonds is 0. The molecule has 0 amide bonds. The Balaban J connectivity index is 2.20. The minimum atomic E-state index is -1.55. The van der Waals surface area contributed by atoms with Crippen LogP contribution < -0.4 is 14.0 Å². The van der Waals surface area contributed by atoms with Crippen molar-refractivity contribution in [3.8, 4) is 0 Å². The molecule has 0 saturated heterocycles. The number of benzene rings is 2. The van der Waals surface area contributed by atoms with Crippen molar-refractivity contribution in [3.05, 3.63) is 48.5 Å². The molecule has 2 aromatic carbocycles. The molecular weight excluding hydrogens is 269 g/mol. The molecule has 0 radical (unpaired) electrons. The first-order valence-corrected chi connectivity index (χ1v) is 9.11. The number of para-hydroxylation sites is 2. The first kappa shape index (κ1) is 9.32. The van der Waals surface area contributed by atoms with E-state index in [-0.39, 0.29) is 0 Å². The summed E-state index contributed by atoms with van der Waals surface area (Å²) in [5, 5.41) is 3.42. The van der Waals surface area contributed by atoms with Gasteiger partial charge in [0, 0.05) is 0 Å². The van der Waals surface area contributed by atoms with Crippen molar-refractivity contribution in [2.45, 2.75) is 0 Å². The molecule has 0 fully saturated rings. The zero-order valence-corrected chi connectivity index (χ0v) is 10.6. The van der Waals surface area contributed by atoms with E-state index in [1.807, 2.05) is 12.1 Å². The van der Waals surface area contributed by atoms with Crippen LogP contribution >= 0.6 is 9.95 Å². The average molecular weight is 278 g/mol. The van der Waals surface area contributed by atoms with Gasteiger partial charge in [-0.15, -0.1) is 0 Å². The molecule has 3 heteroatoms. The van der Waals surface area contributed by atoms with Crippen LogP contribution in [0.2, 0.25) is 0 Å². The van der Waals surface area contributed by atoms with Gasteiger partial charge < -0.3 is 0 Å². The van der Waals surface area contributed by atoms with Crippen LogP contribution in [0, 0.1) is 0 Å².